The largest absolute Gasteiger partial charge is 0.469 e. The molecule has 0 unspecified atom stereocenters. The number of hydrogen-bond donors (Lipinski definition) is 0. The Balaban J connectivity index is 2.38. The van der Waals surface area contributed by atoms with Crippen LogP contribution >= 0.6 is 27.5 Å². The van der Waals surface area contributed by atoms with Gasteiger partial charge in [0, 0.05) is 9.86 Å². The van der Waals surface area contributed by atoms with E-state index >= 15 is 0 Å². The lowest BCUT2D eigenvalue weighted by molar-refractivity contribution is -0.139. The summed E-state index contributed by atoms with van der Waals surface area (Å²) in [5, 5.41) is 0.762. The molecule has 0 spiro atoms. The van der Waals surface area contributed by atoms with Crippen LogP contribution < -0.4 is 0 Å². The van der Waals surface area contributed by atoms with Gasteiger partial charge < -0.3 is 4.74 Å². The summed E-state index contributed by atoms with van der Waals surface area (Å²) in [4.78, 5) is 22.9. The van der Waals surface area contributed by atoms with Gasteiger partial charge in [0.05, 0.1) is 11.8 Å². The van der Waals surface area contributed by atoms with Crippen molar-refractivity contribution in [2.75, 3.05) is 7.11 Å². The second kappa shape index (κ2) is 4.93. The number of ketones is 1. The molecule has 0 aliphatic rings. The van der Waals surface area contributed by atoms with E-state index in [0.29, 0.717) is 5.69 Å². The molecule has 0 N–H and O–H groups in total. The third kappa shape index (κ3) is 2.53. The van der Waals surface area contributed by atoms with Gasteiger partial charge in [0.15, 0.2) is 5.78 Å². The molecule has 0 radical (unpaired) electrons. The van der Waals surface area contributed by atoms with Crippen molar-refractivity contribution in [2.45, 2.75) is 6.42 Å². The maximum absolute atomic E-state index is 11.8. The topological polar surface area (TPSA) is 56.3 Å². The molecule has 1 aromatic heterocycles. The van der Waals surface area contributed by atoms with Crippen molar-refractivity contribution in [3.05, 3.63) is 28.4 Å². The van der Waals surface area contributed by atoms with Gasteiger partial charge in [-0.25, -0.2) is 0 Å². The van der Waals surface area contributed by atoms with E-state index in [4.69, 9.17) is 0 Å². The Bertz CT molecular complexity index is 593. The molecule has 0 atom stereocenters. The van der Waals surface area contributed by atoms with Crippen LogP contribution in [0.3, 0.4) is 0 Å². The Hall–Kier alpha value is -1.27. The maximum Gasteiger partial charge on any atom is 0.313 e. The van der Waals surface area contributed by atoms with E-state index in [1.165, 1.54) is 18.6 Å². The van der Waals surface area contributed by atoms with E-state index in [1.807, 2.05) is 18.2 Å². The van der Waals surface area contributed by atoms with Crippen LogP contribution in [0.15, 0.2) is 22.7 Å². The molecule has 4 nitrogen and oxygen atoms in total. The van der Waals surface area contributed by atoms with Gasteiger partial charge in [-0.05, 0) is 29.7 Å². The van der Waals surface area contributed by atoms with E-state index in [1.54, 1.807) is 0 Å². The molecule has 2 aromatic rings. The number of ether oxygens (including phenoxy) is 1. The number of hydrogen-bond acceptors (Lipinski definition) is 5. The van der Waals surface area contributed by atoms with Crippen molar-refractivity contribution in [3.63, 3.8) is 0 Å². The fourth-order valence-electron chi connectivity index (χ4n) is 1.40. The Morgan fingerprint density at radius 3 is 2.94 bits per heavy atom. The normalized spacial score (nSPS) is 10.5. The number of fused-ring (bicyclic) bond motifs is 1. The summed E-state index contributed by atoms with van der Waals surface area (Å²) in [5.74, 6) is -0.868. The van der Waals surface area contributed by atoms with E-state index in [2.05, 4.69) is 25.0 Å². The number of rotatable bonds is 3. The second-order valence-electron chi connectivity index (χ2n) is 3.35. The molecule has 0 fully saturated rings. The van der Waals surface area contributed by atoms with Crippen molar-refractivity contribution in [3.8, 4) is 0 Å². The number of aromatic nitrogens is 1. The van der Waals surface area contributed by atoms with Crippen LogP contribution in [0.4, 0.5) is 0 Å². The van der Waals surface area contributed by atoms with E-state index < -0.39 is 5.97 Å². The van der Waals surface area contributed by atoms with Gasteiger partial charge in [-0.1, -0.05) is 15.9 Å². The number of nitrogens with zero attached hydrogens (tertiary/aromatic N) is 1. The number of Topliss-reactive ketones (excluding diaryl/α,β-unsaturated/α-hetero) is 1. The van der Waals surface area contributed by atoms with Crippen molar-refractivity contribution in [2.24, 2.45) is 0 Å². The highest BCUT2D eigenvalue weighted by Gasteiger charge is 2.18. The zero-order chi connectivity index (χ0) is 12.4. The highest BCUT2D eigenvalue weighted by atomic mass is 79.9. The zero-order valence-corrected chi connectivity index (χ0v) is 11.3. The van der Waals surface area contributed by atoms with Gasteiger partial charge >= 0.3 is 5.97 Å². The first kappa shape index (κ1) is 12.2. The molecule has 6 heteroatoms. The lowest BCUT2D eigenvalue weighted by Gasteiger charge is -1.97. The number of carbonyl (C=O) groups excluding carboxylic acids is 2. The first-order valence-electron chi connectivity index (χ1n) is 4.77. The maximum atomic E-state index is 11.8. The average molecular weight is 314 g/mol. The number of halogens is 1. The minimum absolute atomic E-state index is 0.276. The molecule has 0 bridgehead atoms. The Morgan fingerprint density at radius 1 is 1.47 bits per heavy atom. The predicted molar refractivity (Wildman–Crippen MR) is 68.3 cm³/mol. The summed E-state index contributed by atoms with van der Waals surface area (Å²) in [5.41, 5.74) is 0.330. The lowest BCUT2D eigenvalue weighted by Crippen LogP contribution is -2.09. The van der Waals surface area contributed by atoms with Gasteiger partial charge in [0.25, 0.3) is 0 Å². The first-order chi connectivity index (χ1) is 8.11. The molecule has 0 amide bonds. The number of carbonyl (C=O) groups is 2. The predicted octanol–water partition coefficient (Wildman–Crippen LogP) is 2.80. The average Bonchev–Trinajstić information content (AvgIpc) is 2.71. The molecule has 0 aliphatic heterocycles. The summed E-state index contributed by atoms with van der Waals surface area (Å²) in [6.45, 7) is 0. The molecular formula is C11H8BrNO3S. The quantitative estimate of drug-likeness (QED) is 0.497. The fraction of sp³-hybridized carbons (Fsp3) is 0.182. The minimum atomic E-state index is -0.550. The molecule has 0 saturated carbocycles. The van der Waals surface area contributed by atoms with Crippen molar-refractivity contribution in [1.29, 1.82) is 0 Å². The van der Waals surface area contributed by atoms with Gasteiger partial charge in [0.2, 0.25) is 0 Å². The molecule has 88 valence electrons. The minimum Gasteiger partial charge on any atom is -0.469 e. The summed E-state index contributed by atoms with van der Waals surface area (Å²) in [6, 6.07) is 5.59. The van der Waals surface area contributed by atoms with Crippen LogP contribution in [0, 0.1) is 0 Å². The van der Waals surface area contributed by atoms with Crippen LogP contribution in [0.5, 0.6) is 0 Å². The molecule has 2 rings (SSSR count). The molecule has 1 heterocycles. The van der Waals surface area contributed by atoms with E-state index in [-0.39, 0.29) is 12.2 Å². The standard InChI is InChI=1S/C11H8BrNO3S/c1-16-10(15)5-8(14)11-7-4-6(12)2-3-9(7)17-13-11/h2-4H,5H2,1H3. The van der Waals surface area contributed by atoms with Crippen LogP contribution in [0.1, 0.15) is 16.9 Å². The summed E-state index contributed by atoms with van der Waals surface area (Å²) in [6.07, 6.45) is -0.276. The molecule has 1 aromatic carbocycles. The van der Waals surface area contributed by atoms with Crippen LogP contribution in [-0.2, 0) is 9.53 Å². The smallest absolute Gasteiger partial charge is 0.313 e. The first-order valence-corrected chi connectivity index (χ1v) is 6.33. The SMILES string of the molecule is COC(=O)CC(=O)c1nsc2ccc(Br)cc12. The summed E-state index contributed by atoms with van der Waals surface area (Å²) < 4.78 is 10.3. The lowest BCUT2D eigenvalue weighted by atomic mass is 10.1. The van der Waals surface area contributed by atoms with Crippen LogP contribution in [0.2, 0.25) is 0 Å². The van der Waals surface area contributed by atoms with Crippen molar-refractivity contribution >= 4 is 49.3 Å². The van der Waals surface area contributed by atoms with Gasteiger partial charge in [-0.2, -0.15) is 4.37 Å². The third-order valence-corrected chi connectivity index (χ3v) is 3.55. The molecular weight excluding hydrogens is 306 g/mol. The van der Waals surface area contributed by atoms with Crippen molar-refractivity contribution in [1.82, 2.24) is 4.37 Å². The molecule has 17 heavy (non-hydrogen) atoms. The highest BCUT2D eigenvalue weighted by Crippen LogP contribution is 2.26. The Morgan fingerprint density at radius 2 is 2.24 bits per heavy atom. The van der Waals surface area contributed by atoms with Crippen LogP contribution in [0.25, 0.3) is 10.1 Å². The van der Waals surface area contributed by atoms with E-state index in [9.17, 15) is 9.59 Å². The number of esters is 1. The van der Waals surface area contributed by atoms with Crippen molar-refractivity contribution < 1.29 is 14.3 Å². The zero-order valence-electron chi connectivity index (χ0n) is 8.90. The highest BCUT2D eigenvalue weighted by molar-refractivity contribution is 9.10. The number of benzene rings is 1. The second-order valence-corrected chi connectivity index (χ2v) is 5.07. The molecule has 0 saturated heterocycles. The Labute approximate surface area is 110 Å². The van der Waals surface area contributed by atoms with Gasteiger partial charge in [-0.3, -0.25) is 9.59 Å². The fourth-order valence-corrected chi connectivity index (χ4v) is 2.53. The van der Waals surface area contributed by atoms with Gasteiger partial charge in [0.1, 0.15) is 12.1 Å². The monoisotopic (exact) mass is 313 g/mol. The van der Waals surface area contributed by atoms with Crippen LogP contribution in [-0.4, -0.2) is 23.2 Å². The summed E-state index contributed by atoms with van der Waals surface area (Å²) in [7, 11) is 1.26. The third-order valence-electron chi connectivity index (χ3n) is 2.23. The molecule has 0 aliphatic carbocycles. The van der Waals surface area contributed by atoms with Gasteiger partial charge in [-0.15, -0.1) is 0 Å². The van der Waals surface area contributed by atoms with E-state index in [0.717, 1.165) is 14.6 Å². The summed E-state index contributed by atoms with van der Waals surface area (Å²) >= 11 is 4.58. The number of methoxy groups -OCH3 is 1. The Kier molecular flexibility index (Phi) is 3.54.